The molecule has 1 N–H and O–H groups in total. The average Bonchev–Trinajstić information content (AvgIpc) is 3.00. The number of carbonyl (C=O) groups is 2. The quantitative estimate of drug-likeness (QED) is 0.881. The van der Waals surface area contributed by atoms with Crippen LogP contribution in [0.15, 0.2) is 59.8 Å². The van der Waals surface area contributed by atoms with Crippen LogP contribution in [-0.4, -0.2) is 35.3 Å². The number of halogens is 3. The Kier molecular flexibility index (Phi) is 4.41. The first-order chi connectivity index (χ1) is 13.3. The number of nitrogens with zero attached hydrogens (tertiary/aromatic N) is 2. The highest BCUT2D eigenvalue weighted by atomic mass is 19.3. The molecule has 0 unspecified atom stereocenters. The smallest absolute Gasteiger partial charge is 0.273 e. The van der Waals surface area contributed by atoms with Crippen LogP contribution < -0.4 is 10.2 Å². The summed E-state index contributed by atoms with van der Waals surface area (Å²) < 4.78 is 42.6. The van der Waals surface area contributed by atoms with Gasteiger partial charge in [0.1, 0.15) is 11.5 Å². The van der Waals surface area contributed by atoms with Crippen LogP contribution in [0, 0.1) is 5.82 Å². The Labute approximate surface area is 158 Å². The van der Waals surface area contributed by atoms with E-state index < -0.39 is 36.0 Å². The van der Waals surface area contributed by atoms with Gasteiger partial charge in [0.15, 0.2) is 0 Å². The molecule has 144 valence electrons. The summed E-state index contributed by atoms with van der Waals surface area (Å²) in [5.74, 6) is -4.81. The minimum absolute atomic E-state index is 0.00639. The average molecular weight is 387 g/mol. The van der Waals surface area contributed by atoms with E-state index in [1.54, 1.807) is 12.1 Å². The molecule has 0 saturated carbocycles. The van der Waals surface area contributed by atoms with Crippen LogP contribution in [0.2, 0.25) is 0 Å². The lowest BCUT2D eigenvalue weighted by molar-refractivity contribution is -0.114. The van der Waals surface area contributed by atoms with E-state index in [1.165, 1.54) is 41.4 Å². The molecule has 0 bridgehead atoms. The maximum absolute atomic E-state index is 14.7. The third-order valence-electron chi connectivity index (χ3n) is 4.95. The molecule has 8 heteroatoms. The molecule has 1 aliphatic heterocycles. The van der Waals surface area contributed by atoms with Gasteiger partial charge in [-0.3, -0.25) is 14.6 Å². The van der Waals surface area contributed by atoms with Crippen LogP contribution in [0.25, 0.3) is 0 Å². The maximum atomic E-state index is 14.7. The van der Waals surface area contributed by atoms with Crippen molar-refractivity contribution >= 4 is 17.5 Å². The second kappa shape index (κ2) is 6.78. The van der Waals surface area contributed by atoms with Crippen LogP contribution >= 0.6 is 0 Å². The van der Waals surface area contributed by atoms with Crippen molar-refractivity contribution in [3.05, 3.63) is 71.3 Å². The lowest BCUT2D eigenvalue weighted by Gasteiger charge is -2.30. The van der Waals surface area contributed by atoms with Crippen molar-refractivity contribution in [3.63, 3.8) is 0 Å². The van der Waals surface area contributed by atoms with Crippen molar-refractivity contribution in [1.29, 1.82) is 0 Å². The van der Waals surface area contributed by atoms with Crippen molar-refractivity contribution in [2.75, 3.05) is 11.4 Å². The van der Waals surface area contributed by atoms with E-state index in [1.807, 2.05) is 0 Å². The number of benzene rings is 1. The van der Waals surface area contributed by atoms with Crippen molar-refractivity contribution in [2.45, 2.75) is 24.8 Å². The number of aromatic nitrogens is 1. The van der Waals surface area contributed by atoms with Gasteiger partial charge in [-0.15, -0.1) is 0 Å². The number of alkyl halides is 2. The highest BCUT2D eigenvalue weighted by Gasteiger charge is 2.50. The van der Waals surface area contributed by atoms with Crippen molar-refractivity contribution in [2.24, 2.45) is 0 Å². The molecule has 0 spiro atoms. The van der Waals surface area contributed by atoms with Gasteiger partial charge in [-0.1, -0.05) is 6.07 Å². The Morgan fingerprint density at radius 1 is 1.18 bits per heavy atom. The standard InChI is InChI=1S/C20H16F3N3O2/c21-12-4-6-14(7-5-12)26-11-16-15(19(26)28)9-13(10-20(16,22)23)25-18(27)17-3-1-2-8-24-17/h1-8,13H,9-11H2,(H,25,27)/t13-/m0/s1. The number of amides is 2. The molecule has 5 nitrogen and oxygen atoms in total. The fraction of sp³-hybridized carbons (Fsp3) is 0.250. The van der Waals surface area contributed by atoms with Gasteiger partial charge in [0.2, 0.25) is 0 Å². The van der Waals surface area contributed by atoms with E-state index in [9.17, 15) is 22.8 Å². The van der Waals surface area contributed by atoms with Crippen molar-refractivity contribution < 1.29 is 22.8 Å². The summed E-state index contributed by atoms with van der Waals surface area (Å²) in [5, 5.41) is 2.55. The van der Waals surface area contributed by atoms with Gasteiger partial charge in [0, 0.05) is 35.5 Å². The van der Waals surface area contributed by atoms with Gasteiger partial charge in [0.05, 0.1) is 6.54 Å². The van der Waals surface area contributed by atoms with Crippen LogP contribution in [0.5, 0.6) is 0 Å². The molecular formula is C20H16F3N3O2. The molecule has 4 rings (SSSR count). The number of pyridine rings is 1. The minimum Gasteiger partial charge on any atom is -0.347 e. The van der Waals surface area contributed by atoms with Crippen LogP contribution in [0.3, 0.4) is 0 Å². The summed E-state index contributed by atoms with van der Waals surface area (Å²) >= 11 is 0. The van der Waals surface area contributed by atoms with Crippen molar-refractivity contribution in [1.82, 2.24) is 10.3 Å². The normalized spacial score (nSPS) is 20.9. The largest absolute Gasteiger partial charge is 0.347 e. The Balaban J connectivity index is 1.54. The van der Waals surface area contributed by atoms with Gasteiger partial charge in [-0.25, -0.2) is 13.2 Å². The molecule has 1 aromatic heterocycles. The lowest BCUT2D eigenvalue weighted by Crippen LogP contribution is -2.43. The molecule has 0 radical (unpaired) electrons. The van der Waals surface area contributed by atoms with Crippen LogP contribution in [0.4, 0.5) is 18.9 Å². The molecule has 2 amide bonds. The zero-order valence-electron chi connectivity index (χ0n) is 14.7. The first kappa shape index (κ1) is 18.2. The highest BCUT2D eigenvalue weighted by molar-refractivity contribution is 6.10. The Morgan fingerprint density at radius 3 is 2.61 bits per heavy atom. The molecule has 2 heterocycles. The lowest BCUT2D eigenvalue weighted by atomic mass is 9.86. The summed E-state index contributed by atoms with van der Waals surface area (Å²) in [6.45, 7) is -0.242. The van der Waals surface area contributed by atoms with E-state index in [2.05, 4.69) is 10.3 Å². The summed E-state index contributed by atoms with van der Waals surface area (Å²) in [7, 11) is 0. The number of rotatable bonds is 3. The molecule has 1 aromatic carbocycles. The molecular weight excluding hydrogens is 371 g/mol. The minimum atomic E-state index is -3.22. The predicted molar refractivity (Wildman–Crippen MR) is 95.5 cm³/mol. The van der Waals surface area contributed by atoms with E-state index >= 15 is 0 Å². The van der Waals surface area contributed by atoms with E-state index in [0.29, 0.717) is 5.69 Å². The first-order valence-corrected chi connectivity index (χ1v) is 8.75. The molecule has 1 atom stereocenters. The SMILES string of the molecule is O=C(N[C@H]1CC2=C(CN(c3ccc(F)cc3)C2=O)C(F)(F)C1)c1ccccn1. The summed E-state index contributed by atoms with van der Waals surface area (Å²) in [6, 6.07) is 8.97. The Morgan fingerprint density at radius 2 is 1.93 bits per heavy atom. The van der Waals surface area contributed by atoms with Gasteiger partial charge in [0.25, 0.3) is 17.7 Å². The van der Waals surface area contributed by atoms with Gasteiger partial charge < -0.3 is 10.2 Å². The van der Waals surface area contributed by atoms with E-state index in [-0.39, 0.29) is 29.8 Å². The number of carbonyl (C=O) groups excluding carboxylic acids is 2. The molecule has 0 saturated heterocycles. The van der Waals surface area contributed by atoms with Gasteiger partial charge in [-0.2, -0.15) is 0 Å². The molecule has 0 fully saturated rings. The molecule has 2 aromatic rings. The molecule has 1 aliphatic carbocycles. The molecule has 2 aliphatic rings. The topological polar surface area (TPSA) is 62.3 Å². The predicted octanol–water partition coefficient (Wildman–Crippen LogP) is 3.09. The van der Waals surface area contributed by atoms with E-state index in [4.69, 9.17) is 0 Å². The Hall–Kier alpha value is -3.16. The summed E-state index contributed by atoms with van der Waals surface area (Å²) in [5.41, 5.74) is 0.249. The third kappa shape index (κ3) is 3.26. The van der Waals surface area contributed by atoms with Crippen molar-refractivity contribution in [3.8, 4) is 0 Å². The zero-order chi connectivity index (χ0) is 19.9. The maximum Gasteiger partial charge on any atom is 0.273 e. The van der Waals surface area contributed by atoms with E-state index in [0.717, 1.165) is 0 Å². The first-order valence-electron chi connectivity index (χ1n) is 8.75. The highest BCUT2D eigenvalue weighted by Crippen LogP contribution is 2.43. The van der Waals surface area contributed by atoms with Gasteiger partial charge >= 0.3 is 0 Å². The zero-order valence-corrected chi connectivity index (χ0v) is 14.7. The number of hydrogen-bond donors (Lipinski definition) is 1. The monoisotopic (exact) mass is 387 g/mol. The van der Waals surface area contributed by atoms with Gasteiger partial charge in [-0.05, 0) is 42.8 Å². The van der Waals surface area contributed by atoms with Crippen LogP contribution in [-0.2, 0) is 4.79 Å². The summed E-state index contributed by atoms with van der Waals surface area (Å²) in [6.07, 6.45) is 0.862. The summed E-state index contributed by atoms with van der Waals surface area (Å²) in [4.78, 5) is 30.1. The fourth-order valence-electron chi connectivity index (χ4n) is 3.60. The molecule has 28 heavy (non-hydrogen) atoms. The third-order valence-corrected chi connectivity index (χ3v) is 4.95. The second-order valence-corrected chi connectivity index (χ2v) is 6.82. The fourth-order valence-corrected chi connectivity index (χ4v) is 3.60. The number of hydrogen-bond acceptors (Lipinski definition) is 3. The second-order valence-electron chi connectivity index (χ2n) is 6.82. The Bertz CT molecular complexity index is 958. The number of nitrogens with one attached hydrogen (secondary N) is 1. The number of anilines is 1. The van der Waals surface area contributed by atoms with Crippen LogP contribution in [0.1, 0.15) is 23.3 Å².